The standard InChI is InChI=1S/C16H24FN3O2/c1-11-10-19(12-5-6-14(18)13(17)9-12)7-8-20(11)15(21)22-16(2,3)4/h5-6,9,11H,7-8,10,18H2,1-4H3/t11-/m0/s1. The van der Waals surface area contributed by atoms with Crippen LogP contribution < -0.4 is 10.6 Å². The summed E-state index contributed by atoms with van der Waals surface area (Å²) in [6, 6.07) is 4.79. The summed E-state index contributed by atoms with van der Waals surface area (Å²) in [5.41, 5.74) is 5.92. The van der Waals surface area contributed by atoms with Crippen LogP contribution >= 0.6 is 0 Å². The van der Waals surface area contributed by atoms with Gasteiger partial charge in [-0.05, 0) is 45.9 Å². The van der Waals surface area contributed by atoms with Gasteiger partial charge in [-0.2, -0.15) is 0 Å². The summed E-state index contributed by atoms with van der Waals surface area (Å²) >= 11 is 0. The van der Waals surface area contributed by atoms with Crippen molar-refractivity contribution >= 4 is 17.5 Å². The average Bonchev–Trinajstić information content (AvgIpc) is 2.39. The first kappa shape index (κ1) is 16.4. The van der Waals surface area contributed by atoms with Gasteiger partial charge in [0.2, 0.25) is 0 Å². The first-order chi connectivity index (χ1) is 10.2. The number of nitrogen functional groups attached to an aromatic ring is 1. The molecule has 1 aliphatic rings. The lowest BCUT2D eigenvalue weighted by Gasteiger charge is -2.41. The maximum Gasteiger partial charge on any atom is 0.410 e. The van der Waals surface area contributed by atoms with Gasteiger partial charge >= 0.3 is 6.09 Å². The van der Waals surface area contributed by atoms with Crippen molar-refractivity contribution in [1.82, 2.24) is 4.90 Å². The third-order valence-corrected chi connectivity index (χ3v) is 3.60. The molecule has 1 heterocycles. The molecule has 0 radical (unpaired) electrons. The summed E-state index contributed by atoms with van der Waals surface area (Å²) in [5.74, 6) is -0.417. The maximum absolute atomic E-state index is 13.6. The van der Waals surface area contributed by atoms with Crippen molar-refractivity contribution < 1.29 is 13.9 Å². The van der Waals surface area contributed by atoms with E-state index >= 15 is 0 Å². The Morgan fingerprint density at radius 1 is 1.36 bits per heavy atom. The first-order valence-corrected chi connectivity index (χ1v) is 7.47. The first-order valence-electron chi connectivity index (χ1n) is 7.47. The van der Waals surface area contributed by atoms with Gasteiger partial charge in [0.1, 0.15) is 11.4 Å². The van der Waals surface area contributed by atoms with E-state index < -0.39 is 11.4 Å². The fourth-order valence-corrected chi connectivity index (χ4v) is 2.50. The highest BCUT2D eigenvalue weighted by Gasteiger charge is 2.31. The van der Waals surface area contributed by atoms with E-state index in [2.05, 4.69) is 0 Å². The molecule has 1 amide bonds. The molecule has 1 saturated heterocycles. The van der Waals surface area contributed by atoms with Crippen molar-refractivity contribution in [1.29, 1.82) is 0 Å². The quantitative estimate of drug-likeness (QED) is 0.810. The Balaban J connectivity index is 2.03. The molecule has 5 nitrogen and oxygen atoms in total. The SMILES string of the molecule is C[C@H]1CN(c2ccc(N)c(F)c2)CCN1C(=O)OC(C)(C)C. The molecular weight excluding hydrogens is 285 g/mol. The van der Waals surface area contributed by atoms with E-state index in [0.717, 1.165) is 5.69 Å². The lowest BCUT2D eigenvalue weighted by molar-refractivity contribution is 0.0159. The van der Waals surface area contributed by atoms with E-state index in [9.17, 15) is 9.18 Å². The van der Waals surface area contributed by atoms with Crippen LogP contribution in [0.3, 0.4) is 0 Å². The number of rotatable bonds is 1. The second-order valence-corrected chi connectivity index (χ2v) is 6.67. The van der Waals surface area contributed by atoms with E-state index in [4.69, 9.17) is 10.5 Å². The van der Waals surface area contributed by atoms with Gasteiger partial charge in [-0.15, -0.1) is 0 Å². The molecule has 0 saturated carbocycles. The number of halogens is 1. The molecule has 2 rings (SSSR count). The number of ether oxygens (including phenoxy) is 1. The number of hydrogen-bond donors (Lipinski definition) is 1. The lowest BCUT2D eigenvalue weighted by atomic mass is 10.1. The highest BCUT2D eigenvalue weighted by molar-refractivity contribution is 5.69. The van der Waals surface area contributed by atoms with Crippen LogP contribution in [0.25, 0.3) is 0 Å². The predicted molar refractivity (Wildman–Crippen MR) is 85.4 cm³/mol. The molecule has 22 heavy (non-hydrogen) atoms. The van der Waals surface area contributed by atoms with Crippen molar-refractivity contribution in [3.8, 4) is 0 Å². The van der Waals surface area contributed by atoms with Crippen LogP contribution in [0.5, 0.6) is 0 Å². The molecule has 0 spiro atoms. The summed E-state index contributed by atoms with van der Waals surface area (Å²) < 4.78 is 19.0. The van der Waals surface area contributed by atoms with Crippen molar-refractivity contribution in [2.24, 2.45) is 0 Å². The minimum atomic E-state index is -0.506. The van der Waals surface area contributed by atoms with Crippen LogP contribution in [0.4, 0.5) is 20.6 Å². The van der Waals surface area contributed by atoms with E-state index in [0.29, 0.717) is 19.6 Å². The van der Waals surface area contributed by atoms with E-state index in [1.165, 1.54) is 6.07 Å². The second-order valence-electron chi connectivity index (χ2n) is 6.67. The Morgan fingerprint density at radius 2 is 2.05 bits per heavy atom. The van der Waals surface area contributed by atoms with Gasteiger partial charge in [-0.1, -0.05) is 0 Å². The van der Waals surface area contributed by atoms with Gasteiger partial charge in [0, 0.05) is 31.4 Å². The van der Waals surface area contributed by atoms with E-state index in [1.54, 1.807) is 17.0 Å². The molecule has 6 heteroatoms. The number of amides is 1. The Morgan fingerprint density at radius 3 is 2.59 bits per heavy atom. The third kappa shape index (κ3) is 3.81. The Labute approximate surface area is 130 Å². The molecular formula is C16H24FN3O2. The molecule has 1 fully saturated rings. The number of carbonyl (C=O) groups is 1. The van der Waals surface area contributed by atoms with Crippen LogP contribution in [0.2, 0.25) is 0 Å². The van der Waals surface area contributed by atoms with Crippen molar-refractivity contribution in [2.45, 2.75) is 39.3 Å². The number of nitrogens with two attached hydrogens (primary N) is 1. The largest absolute Gasteiger partial charge is 0.444 e. The summed E-state index contributed by atoms with van der Waals surface area (Å²) in [4.78, 5) is 15.9. The zero-order chi connectivity index (χ0) is 16.5. The van der Waals surface area contributed by atoms with E-state index in [1.807, 2.05) is 32.6 Å². The lowest BCUT2D eigenvalue weighted by Crippen LogP contribution is -2.55. The predicted octanol–water partition coefficient (Wildman–Crippen LogP) is 2.85. The van der Waals surface area contributed by atoms with Crippen LogP contribution in [0.1, 0.15) is 27.7 Å². The van der Waals surface area contributed by atoms with Gasteiger partial charge in [0.15, 0.2) is 0 Å². The number of anilines is 2. The number of benzene rings is 1. The minimum Gasteiger partial charge on any atom is -0.444 e. The van der Waals surface area contributed by atoms with Crippen molar-refractivity contribution in [2.75, 3.05) is 30.3 Å². The molecule has 1 atom stereocenters. The molecule has 0 aliphatic carbocycles. The number of piperazine rings is 1. The minimum absolute atomic E-state index is 0.00999. The van der Waals surface area contributed by atoms with Gasteiger partial charge < -0.3 is 20.3 Å². The van der Waals surface area contributed by atoms with Gasteiger partial charge in [0.25, 0.3) is 0 Å². The molecule has 2 N–H and O–H groups in total. The highest BCUT2D eigenvalue weighted by atomic mass is 19.1. The molecule has 0 aromatic heterocycles. The summed E-state index contributed by atoms with van der Waals surface area (Å²) in [7, 11) is 0. The Bertz CT molecular complexity index is 557. The molecule has 1 aromatic rings. The Hall–Kier alpha value is -1.98. The van der Waals surface area contributed by atoms with Gasteiger partial charge in [-0.3, -0.25) is 0 Å². The fraction of sp³-hybridized carbons (Fsp3) is 0.562. The van der Waals surface area contributed by atoms with Crippen LogP contribution in [-0.2, 0) is 4.74 Å². The normalized spacial score (nSPS) is 19.2. The molecule has 1 aromatic carbocycles. The van der Waals surface area contributed by atoms with Gasteiger partial charge in [0.05, 0.1) is 5.69 Å². The number of nitrogens with zero attached hydrogens (tertiary/aromatic N) is 2. The molecule has 1 aliphatic heterocycles. The maximum atomic E-state index is 13.6. The molecule has 0 unspecified atom stereocenters. The number of hydrogen-bond acceptors (Lipinski definition) is 4. The molecule has 0 bridgehead atoms. The van der Waals surface area contributed by atoms with Crippen molar-refractivity contribution in [3.63, 3.8) is 0 Å². The monoisotopic (exact) mass is 309 g/mol. The third-order valence-electron chi connectivity index (χ3n) is 3.60. The second kappa shape index (κ2) is 6.02. The topological polar surface area (TPSA) is 58.8 Å². The average molecular weight is 309 g/mol. The summed E-state index contributed by atoms with van der Waals surface area (Å²) in [6.45, 7) is 9.32. The van der Waals surface area contributed by atoms with Crippen molar-refractivity contribution in [3.05, 3.63) is 24.0 Å². The zero-order valence-electron chi connectivity index (χ0n) is 13.6. The Kier molecular flexibility index (Phi) is 4.49. The van der Waals surface area contributed by atoms with Crippen LogP contribution in [0.15, 0.2) is 18.2 Å². The van der Waals surface area contributed by atoms with Crippen LogP contribution in [0, 0.1) is 5.82 Å². The summed E-state index contributed by atoms with van der Waals surface area (Å²) in [6.07, 6.45) is -0.303. The highest BCUT2D eigenvalue weighted by Crippen LogP contribution is 2.23. The fourth-order valence-electron chi connectivity index (χ4n) is 2.50. The van der Waals surface area contributed by atoms with E-state index in [-0.39, 0.29) is 17.8 Å². The van der Waals surface area contributed by atoms with Gasteiger partial charge in [-0.25, -0.2) is 9.18 Å². The zero-order valence-corrected chi connectivity index (χ0v) is 13.6. The van der Waals surface area contributed by atoms with Crippen LogP contribution in [-0.4, -0.2) is 42.3 Å². The summed E-state index contributed by atoms with van der Waals surface area (Å²) in [5, 5.41) is 0. The molecule has 122 valence electrons. The number of carbonyl (C=O) groups excluding carboxylic acids is 1. The smallest absolute Gasteiger partial charge is 0.410 e.